The molecule has 18 heavy (non-hydrogen) atoms. The highest BCUT2D eigenvalue weighted by molar-refractivity contribution is 9.10. The lowest BCUT2D eigenvalue weighted by Crippen LogP contribution is -2.38. The van der Waals surface area contributed by atoms with Crippen LogP contribution in [0.3, 0.4) is 0 Å². The first-order chi connectivity index (χ1) is 8.61. The Labute approximate surface area is 120 Å². The summed E-state index contributed by atoms with van der Waals surface area (Å²) >= 11 is 5.19. The summed E-state index contributed by atoms with van der Waals surface area (Å²) in [6, 6.07) is 5.63. The molecular formula is C13H17BrN2OS. The van der Waals surface area contributed by atoms with Crippen molar-refractivity contribution in [1.82, 2.24) is 5.32 Å². The number of nitrogens with two attached hydrogens (primary N) is 1. The summed E-state index contributed by atoms with van der Waals surface area (Å²) in [6.07, 6.45) is 5.53. The quantitative estimate of drug-likeness (QED) is 0.838. The zero-order chi connectivity index (χ0) is 13.1. The second-order valence-electron chi connectivity index (χ2n) is 4.52. The number of halogens is 1. The fraction of sp³-hybridized carbons (Fsp3) is 0.462. The number of rotatable bonds is 3. The topological polar surface area (TPSA) is 55.1 Å². The summed E-state index contributed by atoms with van der Waals surface area (Å²) in [6.45, 7) is 0. The Bertz CT molecular complexity index is 453. The Hall–Kier alpha value is -0.680. The fourth-order valence-corrected chi connectivity index (χ4v) is 3.64. The third-order valence-electron chi connectivity index (χ3n) is 3.33. The molecule has 0 bridgehead atoms. The summed E-state index contributed by atoms with van der Waals surface area (Å²) in [4.78, 5) is 12.2. The van der Waals surface area contributed by atoms with Gasteiger partial charge in [-0.15, -0.1) is 0 Å². The van der Waals surface area contributed by atoms with E-state index in [2.05, 4.69) is 27.5 Å². The van der Waals surface area contributed by atoms with Crippen molar-refractivity contribution in [2.45, 2.75) is 30.6 Å². The molecule has 1 aromatic carbocycles. The molecule has 2 rings (SSSR count). The van der Waals surface area contributed by atoms with Crippen LogP contribution in [-0.4, -0.2) is 23.5 Å². The van der Waals surface area contributed by atoms with Crippen molar-refractivity contribution in [2.75, 3.05) is 12.0 Å². The van der Waals surface area contributed by atoms with Gasteiger partial charge >= 0.3 is 0 Å². The molecule has 1 saturated carbocycles. The SMILES string of the molecule is CSC1CCCC1NC(=O)c1cc(Br)ccc1N. The molecule has 0 saturated heterocycles. The average molecular weight is 329 g/mol. The zero-order valence-electron chi connectivity index (χ0n) is 10.3. The first-order valence-corrected chi connectivity index (χ1v) is 8.08. The van der Waals surface area contributed by atoms with Gasteiger partial charge in [0, 0.05) is 21.5 Å². The summed E-state index contributed by atoms with van der Waals surface area (Å²) < 4.78 is 0.870. The molecule has 3 N–H and O–H groups in total. The lowest BCUT2D eigenvalue weighted by Gasteiger charge is -2.19. The molecule has 0 aliphatic heterocycles. The van der Waals surface area contributed by atoms with Crippen LogP contribution in [0.15, 0.2) is 22.7 Å². The monoisotopic (exact) mass is 328 g/mol. The molecule has 2 atom stereocenters. The van der Waals surface area contributed by atoms with Crippen molar-refractivity contribution in [3.05, 3.63) is 28.2 Å². The maximum Gasteiger partial charge on any atom is 0.253 e. The van der Waals surface area contributed by atoms with Gasteiger partial charge in [-0.3, -0.25) is 4.79 Å². The Morgan fingerprint density at radius 3 is 3.00 bits per heavy atom. The molecular weight excluding hydrogens is 312 g/mol. The van der Waals surface area contributed by atoms with Crippen LogP contribution in [0.1, 0.15) is 29.6 Å². The van der Waals surface area contributed by atoms with E-state index in [4.69, 9.17) is 5.73 Å². The number of anilines is 1. The number of nitrogens with one attached hydrogen (secondary N) is 1. The van der Waals surface area contributed by atoms with Crippen molar-refractivity contribution < 1.29 is 4.79 Å². The van der Waals surface area contributed by atoms with E-state index in [1.165, 1.54) is 12.8 Å². The van der Waals surface area contributed by atoms with E-state index in [-0.39, 0.29) is 11.9 Å². The van der Waals surface area contributed by atoms with Crippen LogP contribution in [0, 0.1) is 0 Å². The molecule has 5 heteroatoms. The number of thioether (sulfide) groups is 1. The van der Waals surface area contributed by atoms with E-state index in [9.17, 15) is 4.79 Å². The Balaban J connectivity index is 2.09. The van der Waals surface area contributed by atoms with E-state index < -0.39 is 0 Å². The van der Waals surface area contributed by atoms with E-state index in [1.54, 1.807) is 12.1 Å². The smallest absolute Gasteiger partial charge is 0.253 e. The van der Waals surface area contributed by atoms with Gasteiger partial charge in [0.25, 0.3) is 5.91 Å². The van der Waals surface area contributed by atoms with Crippen LogP contribution in [0.25, 0.3) is 0 Å². The molecule has 0 heterocycles. The minimum absolute atomic E-state index is 0.0697. The fourth-order valence-electron chi connectivity index (χ4n) is 2.34. The molecule has 2 unspecified atom stereocenters. The summed E-state index contributed by atoms with van der Waals surface area (Å²) in [5, 5.41) is 3.63. The summed E-state index contributed by atoms with van der Waals surface area (Å²) in [7, 11) is 0. The van der Waals surface area contributed by atoms with Crippen LogP contribution < -0.4 is 11.1 Å². The number of amides is 1. The van der Waals surface area contributed by atoms with Gasteiger partial charge in [0.05, 0.1) is 5.56 Å². The van der Waals surface area contributed by atoms with Gasteiger partial charge in [-0.25, -0.2) is 0 Å². The Morgan fingerprint density at radius 1 is 1.50 bits per heavy atom. The minimum Gasteiger partial charge on any atom is -0.398 e. The van der Waals surface area contributed by atoms with Crippen molar-refractivity contribution in [3.63, 3.8) is 0 Å². The van der Waals surface area contributed by atoms with Gasteiger partial charge in [-0.2, -0.15) is 11.8 Å². The predicted octanol–water partition coefficient (Wildman–Crippen LogP) is 3.05. The van der Waals surface area contributed by atoms with E-state index >= 15 is 0 Å². The number of hydrogen-bond acceptors (Lipinski definition) is 3. The van der Waals surface area contributed by atoms with Crippen LogP contribution in [0.5, 0.6) is 0 Å². The van der Waals surface area contributed by atoms with Crippen molar-refractivity contribution >= 4 is 39.3 Å². The molecule has 0 aromatic heterocycles. The van der Waals surface area contributed by atoms with Gasteiger partial charge in [-0.1, -0.05) is 22.4 Å². The maximum atomic E-state index is 12.2. The summed E-state index contributed by atoms with van der Waals surface area (Å²) in [5.41, 5.74) is 6.92. The molecule has 1 aliphatic carbocycles. The molecule has 0 spiro atoms. The van der Waals surface area contributed by atoms with Crippen LogP contribution >= 0.6 is 27.7 Å². The number of benzene rings is 1. The third-order valence-corrected chi connectivity index (χ3v) is 4.99. The van der Waals surface area contributed by atoms with Crippen molar-refractivity contribution in [2.24, 2.45) is 0 Å². The highest BCUT2D eigenvalue weighted by atomic mass is 79.9. The third kappa shape index (κ3) is 3.01. The lowest BCUT2D eigenvalue weighted by molar-refractivity contribution is 0.0939. The normalized spacial score (nSPS) is 23.0. The Morgan fingerprint density at radius 2 is 2.28 bits per heavy atom. The molecule has 1 amide bonds. The van der Waals surface area contributed by atoms with E-state index in [0.717, 1.165) is 10.9 Å². The van der Waals surface area contributed by atoms with Gasteiger partial charge in [0.2, 0.25) is 0 Å². The maximum absolute atomic E-state index is 12.2. The summed E-state index contributed by atoms with van der Waals surface area (Å²) in [5.74, 6) is -0.0697. The van der Waals surface area contributed by atoms with Gasteiger partial charge in [-0.05, 0) is 37.3 Å². The second-order valence-corrected chi connectivity index (χ2v) is 6.51. The van der Waals surface area contributed by atoms with Crippen molar-refractivity contribution in [3.8, 4) is 0 Å². The highest BCUT2D eigenvalue weighted by Crippen LogP contribution is 2.29. The first kappa shape index (κ1) is 13.7. The molecule has 1 fully saturated rings. The van der Waals surface area contributed by atoms with Crippen molar-refractivity contribution in [1.29, 1.82) is 0 Å². The van der Waals surface area contributed by atoms with E-state index in [0.29, 0.717) is 16.5 Å². The molecule has 0 radical (unpaired) electrons. The first-order valence-electron chi connectivity index (χ1n) is 6.00. The number of hydrogen-bond donors (Lipinski definition) is 2. The number of nitrogen functional groups attached to an aromatic ring is 1. The largest absolute Gasteiger partial charge is 0.398 e. The molecule has 3 nitrogen and oxygen atoms in total. The molecule has 1 aromatic rings. The molecule has 1 aliphatic rings. The van der Waals surface area contributed by atoms with Crippen LogP contribution in [-0.2, 0) is 0 Å². The zero-order valence-corrected chi connectivity index (χ0v) is 12.7. The lowest BCUT2D eigenvalue weighted by atomic mass is 10.1. The standard InChI is InChI=1S/C13H17BrN2OS/c1-18-12-4-2-3-11(12)16-13(17)9-7-8(14)5-6-10(9)15/h5-7,11-12H,2-4,15H2,1H3,(H,16,17). The minimum atomic E-state index is -0.0697. The van der Waals surface area contributed by atoms with Gasteiger partial charge in [0.1, 0.15) is 0 Å². The van der Waals surface area contributed by atoms with E-state index in [1.807, 2.05) is 17.8 Å². The highest BCUT2D eigenvalue weighted by Gasteiger charge is 2.28. The number of carbonyl (C=O) groups excluding carboxylic acids is 1. The van der Waals surface area contributed by atoms with Gasteiger partial charge in [0.15, 0.2) is 0 Å². The van der Waals surface area contributed by atoms with Crippen LogP contribution in [0.2, 0.25) is 0 Å². The predicted molar refractivity (Wildman–Crippen MR) is 81.0 cm³/mol. The number of carbonyl (C=O) groups is 1. The molecule has 98 valence electrons. The van der Waals surface area contributed by atoms with Gasteiger partial charge < -0.3 is 11.1 Å². The second kappa shape index (κ2) is 5.97. The van der Waals surface area contributed by atoms with Crippen LogP contribution in [0.4, 0.5) is 5.69 Å². The Kier molecular flexibility index (Phi) is 4.56. The average Bonchev–Trinajstić information content (AvgIpc) is 2.79.